The molecule has 2 rings (SSSR count). The predicted octanol–water partition coefficient (Wildman–Crippen LogP) is 6.01. The van der Waals surface area contributed by atoms with Gasteiger partial charge in [-0.25, -0.2) is 4.98 Å². The van der Waals surface area contributed by atoms with E-state index in [1.54, 1.807) is 6.20 Å². The summed E-state index contributed by atoms with van der Waals surface area (Å²) in [5.74, 6) is 0.928. The lowest BCUT2D eigenvalue weighted by Gasteiger charge is -2.37. The molecular formula is C29H51N5O4. The van der Waals surface area contributed by atoms with E-state index >= 15 is 0 Å². The van der Waals surface area contributed by atoms with E-state index in [1.807, 2.05) is 12.1 Å². The Kier molecular flexibility index (Phi) is 16.4. The first-order valence-electron chi connectivity index (χ1n) is 15.0. The van der Waals surface area contributed by atoms with Gasteiger partial charge in [-0.15, -0.1) is 10.1 Å². The van der Waals surface area contributed by atoms with E-state index in [4.69, 9.17) is 0 Å². The van der Waals surface area contributed by atoms with Crippen LogP contribution in [0.4, 0.5) is 5.82 Å². The van der Waals surface area contributed by atoms with Gasteiger partial charge in [0.2, 0.25) is 0 Å². The average molecular weight is 534 g/mol. The molecule has 9 heteroatoms. The second-order valence-electron chi connectivity index (χ2n) is 10.8. The Labute approximate surface area is 229 Å². The first-order chi connectivity index (χ1) is 18.5. The average Bonchev–Trinajstić information content (AvgIpc) is 2.92. The van der Waals surface area contributed by atoms with Crippen LogP contribution < -0.4 is 10.2 Å². The number of piperazine rings is 1. The van der Waals surface area contributed by atoms with Gasteiger partial charge in [-0.3, -0.25) is 9.69 Å². The minimum Gasteiger partial charge on any atom is -0.354 e. The first-order valence-corrected chi connectivity index (χ1v) is 15.0. The molecule has 1 aliphatic heterocycles. The van der Waals surface area contributed by atoms with Crippen LogP contribution in [0.5, 0.6) is 0 Å². The highest BCUT2D eigenvalue weighted by Gasteiger charge is 2.19. The molecule has 9 nitrogen and oxygen atoms in total. The van der Waals surface area contributed by atoms with Crippen LogP contribution in [0.15, 0.2) is 18.3 Å². The topological polar surface area (TPSA) is 101 Å². The van der Waals surface area contributed by atoms with Crippen LogP contribution in [-0.4, -0.2) is 66.3 Å². The number of hydrogen-bond acceptors (Lipinski definition) is 7. The largest absolute Gasteiger partial charge is 0.354 e. The second kappa shape index (κ2) is 19.6. The van der Waals surface area contributed by atoms with Gasteiger partial charge in [0, 0.05) is 45.0 Å². The van der Waals surface area contributed by atoms with E-state index in [9.17, 15) is 14.9 Å². The third kappa shape index (κ3) is 13.9. The van der Waals surface area contributed by atoms with Crippen molar-refractivity contribution in [3.8, 4) is 0 Å². The van der Waals surface area contributed by atoms with Crippen LogP contribution in [0, 0.1) is 10.1 Å². The van der Waals surface area contributed by atoms with Crippen molar-refractivity contribution in [3.05, 3.63) is 34.0 Å². The lowest BCUT2D eigenvalue weighted by atomic mass is 10.0. The number of pyridine rings is 1. The van der Waals surface area contributed by atoms with Gasteiger partial charge in [0.15, 0.2) is 0 Å². The van der Waals surface area contributed by atoms with Crippen LogP contribution >= 0.6 is 0 Å². The van der Waals surface area contributed by atoms with Gasteiger partial charge in [-0.05, 0) is 38.8 Å². The number of hydrogen-bond donors (Lipinski definition) is 1. The molecule has 0 saturated carbocycles. The molecule has 0 aliphatic carbocycles. The van der Waals surface area contributed by atoms with E-state index in [2.05, 4.69) is 38.8 Å². The molecule has 1 saturated heterocycles. The summed E-state index contributed by atoms with van der Waals surface area (Å²) in [6, 6.07) is 4.45. The summed E-state index contributed by atoms with van der Waals surface area (Å²) >= 11 is 0. The van der Waals surface area contributed by atoms with Gasteiger partial charge in [0.25, 0.3) is 11.0 Å². The van der Waals surface area contributed by atoms with Gasteiger partial charge < -0.3 is 15.1 Å². The van der Waals surface area contributed by atoms with E-state index in [0.29, 0.717) is 11.6 Å². The van der Waals surface area contributed by atoms with Gasteiger partial charge in [-0.2, -0.15) is 0 Å². The number of nitrogens with zero attached hydrogens (tertiary/aromatic N) is 4. The van der Waals surface area contributed by atoms with Gasteiger partial charge in [-0.1, -0.05) is 77.0 Å². The Morgan fingerprint density at radius 2 is 1.42 bits per heavy atom. The van der Waals surface area contributed by atoms with Crippen LogP contribution in [0.2, 0.25) is 0 Å². The fourth-order valence-electron chi connectivity index (χ4n) is 4.97. The van der Waals surface area contributed by atoms with Crippen molar-refractivity contribution in [2.75, 3.05) is 44.2 Å². The third-order valence-corrected chi connectivity index (χ3v) is 7.43. The van der Waals surface area contributed by atoms with Gasteiger partial charge in [0.1, 0.15) is 5.82 Å². The number of carbonyl (C=O) groups is 1. The van der Waals surface area contributed by atoms with E-state index in [1.165, 1.54) is 57.8 Å². The zero-order chi connectivity index (χ0) is 27.4. The molecule has 1 N–H and O–H groups in total. The molecule has 1 amide bonds. The molecule has 0 unspecified atom stereocenters. The molecule has 0 radical (unpaired) electrons. The van der Waals surface area contributed by atoms with Crippen LogP contribution in [0.1, 0.15) is 114 Å². The summed E-state index contributed by atoms with van der Waals surface area (Å²) in [5, 5.41) is 12.4. The van der Waals surface area contributed by atoms with Crippen LogP contribution in [0.25, 0.3) is 0 Å². The van der Waals surface area contributed by atoms with E-state index in [-0.39, 0.29) is 12.5 Å². The number of amides is 1. The summed E-state index contributed by atoms with van der Waals surface area (Å²) in [4.78, 5) is 36.1. The number of anilines is 1. The molecule has 1 aromatic heterocycles. The van der Waals surface area contributed by atoms with E-state index in [0.717, 1.165) is 70.6 Å². The minimum atomic E-state index is -0.713. The van der Waals surface area contributed by atoms with Crippen molar-refractivity contribution in [2.24, 2.45) is 0 Å². The Morgan fingerprint density at radius 1 is 0.895 bits per heavy atom. The first kappa shape index (κ1) is 31.8. The SMILES string of the molecule is CC(C)N1CCN(c2ccc(C(=O)NCCCCCCCCCCCCCCCCO[N+](=O)[O-])cn2)CC1. The lowest BCUT2D eigenvalue weighted by Crippen LogP contribution is -2.49. The Balaban J connectivity index is 1.38. The number of carbonyl (C=O) groups excluding carboxylic acids is 1. The molecule has 1 fully saturated rings. The maximum atomic E-state index is 12.4. The Hall–Kier alpha value is -2.42. The molecule has 0 aromatic carbocycles. The molecule has 0 bridgehead atoms. The normalized spacial score (nSPS) is 14.1. The van der Waals surface area contributed by atoms with Crippen molar-refractivity contribution >= 4 is 11.7 Å². The van der Waals surface area contributed by atoms with Crippen molar-refractivity contribution < 1.29 is 14.7 Å². The molecule has 38 heavy (non-hydrogen) atoms. The summed E-state index contributed by atoms with van der Waals surface area (Å²) in [6.07, 6.45) is 18.3. The number of rotatable bonds is 21. The molecular weight excluding hydrogens is 482 g/mol. The summed E-state index contributed by atoms with van der Waals surface area (Å²) in [7, 11) is 0. The fraction of sp³-hybridized carbons (Fsp3) is 0.793. The lowest BCUT2D eigenvalue weighted by molar-refractivity contribution is -0.757. The second-order valence-corrected chi connectivity index (χ2v) is 10.8. The Morgan fingerprint density at radius 3 is 1.89 bits per heavy atom. The van der Waals surface area contributed by atoms with Crippen molar-refractivity contribution in [3.63, 3.8) is 0 Å². The smallest absolute Gasteiger partial charge is 0.294 e. The molecule has 2 heterocycles. The molecule has 0 atom stereocenters. The Bertz CT molecular complexity index is 767. The van der Waals surface area contributed by atoms with Crippen LogP contribution in [-0.2, 0) is 4.84 Å². The summed E-state index contributed by atoms with van der Waals surface area (Å²) < 4.78 is 0. The highest BCUT2D eigenvalue weighted by Crippen LogP contribution is 2.16. The third-order valence-electron chi connectivity index (χ3n) is 7.43. The zero-order valence-corrected chi connectivity index (χ0v) is 23.9. The summed E-state index contributed by atoms with van der Waals surface area (Å²) in [5.41, 5.74) is 0.636. The molecule has 1 aliphatic rings. The quantitative estimate of drug-likeness (QED) is 0.117. The van der Waals surface area contributed by atoms with Crippen molar-refractivity contribution in [1.29, 1.82) is 0 Å². The van der Waals surface area contributed by atoms with Crippen molar-refractivity contribution in [2.45, 2.75) is 110 Å². The number of unbranched alkanes of at least 4 members (excludes halogenated alkanes) is 13. The fourth-order valence-corrected chi connectivity index (χ4v) is 4.97. The standard InChI is InChI=1S/C29H51N5O4/c1-26(2)32-20-22-33(23-21-32)28-18-17-27(25-31-28)29(35)30-19-15-13-11-9-7-5-3-4-6-8-10-12-14-16-24-38-34(36)37/h17-18,25-26H,3-16,19-24H2,1-2H3,(H,30,35). The monoisotopic (exact) mass is 533 g/mol. The van der Waals surface area contributed by atoms with Gasteiger partial charge in [0.05, 0.1) is 12.2 Å². The van der Waals surface area contributed by atoms with E-state index < -0.39 is 5.09 Å². The highest BCUT2D eigenvalue weighted by atomic mass is 16.9. The maximum absolute atomic E-state index is 12.4. The zero-order valence-electron chi connectivity index (χ0n) is 23.9. The number of nitrogens with one attached hydrogen (secondary N) is 1. The summed E-state index contributed by atoms with van der Waals surface area (Å²) in [6.45, 7) is 9.49. The molecule has 216 valence electrons. The number of aromatic nitrogens is 1. The molecule has 1 aromatic rings. The maximum Gasteiger partial charge on any atom is 0.294 e. The minimum absolute atomic E-state index is 0.0301. The molecule has 0 spiro atoms. The predicted molar refractivity (Wildman–Crippen MR) is 153 cm³/mol. The highest BCUT2D eigenvalue weighted by molar-refractivity contribution is 5.94. The van der Waals surface area contributed by atoms with Crippen LogP contribution in [0.3, 0.4) is 0 Å². The van der Waals surface area contributed by atoms with Crippen molar-refractivity contribution in [1.82, 2.24) is 15.2 Å². The van der Waals surface area contributed by atoms with Gasteiger partial charge >= 0.3 is 0 Å².